The molecule has 0 N–H and O–H groups in total. The van der Waals surface area contributed by atoms with Crippen LogP contribution >= 0.6 is 0 Å². The van der Waals surface area contributed by atoms with Crippen molar-refractivity contribution in [3.05, 3.63) is 0 Å². The number of rotatable bonds is 18. The Morgan fingerprint density at radius 1 is 0.200 bits per heavy atom. The Morgan fingerprint density at radius 2 is 0.364 bits per heavy atom. The van der Waals surface area contributed by atoms with Crippen LogP contribution in [0.1, 0.15) is 25.7 Å². The highest BCUT2D eigenvalue weighted by Crippen LogP contribution is 2.66. The highest BCUT2D eigenvalue weighted by atomic mass is 19.4. The molecular weight excluding hydrogens is 902 g/mol. The van der Waals surface area contributed by atoms with Crippen molar-refractivity contribution in [2.24, 2.45) is 0 Å². The monoisotopic (exact) mass is 910 g/mol. The molecular formula is C20H8F34O. The molecule has 35 heteroatoms. The van der Waals surface area contributed by atoms with Gasteiger partial charge >= 0.3 is 95.6 Å². The number of hydrogen-bond acceptors (Lipinski definition) is 1. The lowest BCUT2D eigenvalue weighted by atomic mass is 9.89. The van der Waals surface area contributed by atoms with Crippen LogP contribution in [0, 0.1) is 0 Å². The van der Waals surface area contributed by atoms with E-state index in [0.29, 0.717) is 4.74 Å². The lowest BCUT2D eigenvalue weighted by Gasteiger charge is -2.44. The van der Waals surface area contributed by atoms with E-state index in [1.54, 1.807) is 0 Å². The second-order valence-electron chi connectivity index (χ2n) is 10.5. The zero-order valence-electron chi connectivity index (χ0n) is 24.1. The summed E-state index contributed by atoms with van der Waals surface area (Å²) in [4.78, 5) is 0. The van der Waals surface area contributed by atoms with Gasteiger partial charge in [0.1, 0.15) is 0 Å². The molecule has 0 aliphatic carbocycles. The summed E-state index contributed by atoms with van der Waals surface area (Å²) in [6.07, 6.45) is -45.6. The van der Waals surface area contributed by atoms with Gasteiger partial charge in [-0.25, -0.2) is 4.74 Å². The van der Waals surface area contributed by atoms with Crippen LogP contribution in [0.25, 0.3) is 0 Å². The smallest absolute Gasteiger partial charge is 0.245 e. The Kier molecular flexibility index (Phi) is 13.0. The zero-order valence-corrected chi connectivity index (χ0v) is 24.1. The third kappa shape index (κ3) is 8.04. The van der Waals surface area contributed by atoms with E-state index in [1.165, 1.54) is 0 Å². The van der Waals surface area contributed by atoms with Crippen LogP contribution in [0.2, 0.25) is 0 Å². The number of alkyl halides is 34. The van der Waals surface area contributed by atoms with E-state index in [0.717, 1.165) is 0 Å². The molecule has 0 aliphatic heterocycles. The number of ether oxygens (including phenoxy) is 1. The van der Waals surface area contributed by atoms with E-state index in [-0.39, 0.29) is 0 Å². The molecule has 0 spiro atoms. The highest BCUT2D eigenvalue weighted by Gasteiger charge is 2.96. The van der Waals surface area contributed by atoms with Gasteiger partial charge in [0.25, 0.3) is 0 Å². The van der Waals surface area contributed by atoms with Gasteiger partial charge in [-0.3, -0.25) is 0 Å². The predicted octanol–water partition coefficient (Wildman–Crippen LogP) is 12.5. The fraction of sp³-hybridized carbons (Fsp3) is 1.00. The quantitative estimate of drug-likeness (QED) is 0.125. The molecule has 1 nitrogen and oxygen atoms in total. The first kappa shape index (κ1) is 52.6. The third-order valence-electron chi connectivity index (χ3n) is 6.51. The summed E-state index contributed by atoms with van der Waals surface area (Å²) < 4.78 is 455. The zero-order chi connectivity index (χ0) is 45.5. The summed E-state index contributed by atoms with van der Waals surface area (Å²) >= 11 is 0. The minimum atomic E-state index is -9.59. The summed E-state index contributed by atoms with van der Waals surface area (Å²) in [6.45, 7) is 0. The third-order valence-corrected chi connectivity index (χ3v) is 6.51. The molecule has 0 unspecified atom stereocenters. The molecule has 0 amide bonds. The normalized spacial score (nSPS) is 16.9. The fourth-order valence-electron chi connectivity index (χ4n) is 3.21. The molecule has 0 atom stereocenters. The second-order valence-corrected chi connectivity index (χ2v) is 10.5. The minimum absolute atomic E-state index is 0.597. The Labute approximate surface area is 276 Å². The Morgan fingerprint density at radius 3 is 0.545 bits per heavy atom. The molecule has 0 heterocycles. The maximum Gasteiger partial charge on any atom is 0.430 e. The Hall–Kier alpha value is -2.42. The predicted molar refractivity (Wildman–Crippen MR) is 101 cm³/mol. The average Bonchev–Trinajstić information content (AvgIpc) is 2.92. The number of hydrogen-bond donors (Lipinski definition) is 0. The molecule has 0 aromatic rings. The summed E-state index contributed by atoms with van der Waals surface area (Å²) in [5, 5.41) is 0. The van der Waals surface area contributed by atoms with Gasteiger partial charge in [0.15, 0.2) is 0 Å². The molecule has 0 aromatic heterocycles. The first-order chi connectivity index (χ1) is 23.1. The first-order valence-electron chi connectivity index (χ1n) is 12.2. The van der Waals surface area contributed by atoms with E-state index in [2.05, 4.69) is 0 Å². The topological polar surface area (TPSA) is 9.23 Å². The Bertz CT molecular complexity index is 1230. The molecule has 0 radical (unpaired) electrons. The van der Waals surface area contributed by atoms with Crippen LogP contribution in [0.3, 0.4) is 0 Å². The molecule has 0 bridgehead atoms. The van der Waals surface area contributed by atoms with Crippen molar-refractivity contribution in [1.82, 2.24) is 0 Å². The maximum atomic E-state index is 13.8. The van der Waals surface area contributed by atoms with Crippen LogP contribution in [0.15, 0.2) is 0 Å². The first-order valence-corrected chi connectivity index (χ1v) is 12.2. The van der Waals surface area contributed by atoms with Crippen LogP contribution in [0.4, 0.5) is 149 Å². The molecule has 0 fully saturated rings. The van der Waals surface area contributed by atoms with Gasteiger partial charge in [-0.2, -0.15) is 149 Å². The lowest BCUT2D eigenvalue weighted by Crippen LogP contribution is -2.75. The standard InChI is InChI=1S/C20H8F34O/c21-5(22,1-3-7(25,26)27)9(31,32)11(35,36)13(39,40)15(43,44)17(47,48)19(51,52)55-20(53,54)18(49,50)16(45,46)14(41,42)12(37,38)10(33,34)6(23,24)2-4-8(28,29)30/h1-4H2. The van der Waals surface area contributed by atoms with Crippen molar-refractivity contribution in [3.8, 4) is 0 Å². The van der Waals surface area contributed by atoms with E-state index in [1.807, 2.05) is 0 Å². The van der Waals surface area contributed by atoms with Crippen molar-refractivity contribution in [1.29, 1.82) is 0 Å². The Balaban J connectivity index is 7.19. The van der Waals surface area contributed by atoms with Gasteiger partial charge in [0, 0.05) is 25.7 Å². The molecule has 332 valence electrons. The van der Waals surface area contributed by atoms with Gasteiger partial charge in [0.2, 0.25) is 0 Å². The van der Waals surface area contributed by atoms with Gasteiger partial charge < -0.3 is 0 Å². The van der Waals surface area contributed by atoms with Gasteiger partial charge in [-0.05, 0) is 0 Å². The SMILES string of the molecule is FC(F)(F)CCC(F)(F)C(F)(F)C(F)(F)C(F)(F)C(F)(F)C(F)(F)C(F)(F)OC(F)(F)C(F)(F)C(F)(F)C(F)(F)C(F)(F)C(F)(F)C(F)(F)CCC(F)(F)F. The van der Waals surface area contributed by atoms with Gasteiger partial charge in [0.05, 0.1) is 0 Å². The molecule has 0 rings (SSSR count). The van der Waals surface area contributed by atoms with E-state index in [4.69, 9.17) is 0 Å². The van der Waals surface area contributed by atoms with Crippen molar-refractivity contribution in [2.45, 2.75) is 121 Å². The summed E-state index contributed by atoms with van der Waals surface area (Å²) in [5.41, 5.74) is 0. The van der Waals surface area contributed by atoms with Crippen LogP contribution in [-0.2, 0) is 4.74 Å². The summed E-state index contributed by atoms with van der Waals surface area (Å²) in [6, 6.07) is 0. The highest BCUT2D eigenvalue weighted by molar-refractivity contribution is 5.15. The van der Waals surface area contributed by atoms with E-state index < -0.39 is 121 Å². The molecule has 0 aromatic carbocycles. The van der Waals surface area contributed by atoms with Crippen LogP contribution < -0.4 is 0 Å². The fourth-order valence-corrected chi connectivity index (χ4v) is 3.21. The second kappa shape index (κ2) is 13.6. The van der Waals surface area contributed by atoms with E-state index >= 15 is 0 Å². The number of halogens is 34. The average molecular weight is 910 g/mol. The van der Waals surface area contributed by atoms with Crippen molar-refractivity contribution < 1.29 is 154 Å². The van der Waals surface area contributed by atoms with Crippen molar-refractivity contribution in [3.63, 3.8) is 0 Å². The molecule has 0 aliphatic rings. The van der Waals surface area contributed by atoms with Gasteiger partial charge in [-0.15, -0.1) is 0 Å². The van der Waals surface area contributed by atoms with Crippen LogP contribution in [-0.4, -0.2) is 95.6 Å². The van der Waals surface area contributed by atoms with E-state index in [9.17, 15) is 149 Å². The summed E-state index contributed by atoms with van der Waals surface area (Å²) in [5.74, 6) is -108. The van der Waals surface area contributed by atoms with Crippen molar-refractivity contribution in [2.75, 3.05) is 0 Å². The molecule has 55 heavy (non-hydrogen) atoms. The summed E-state index contributed by atoms with van der Waals surface area (Å²) in [7, 11) is 0. The molecule has 0 saturated heterocycles. The lowest BCUT2D eigenvalue weighted by molar-refractivity contribution is -0.528. The van der Waals surface area contributed by atoms with Crippen LogP contribution in [0.5, 0.6) is 0 Å². The van der Waals surface area contributed by atoms with Gasteiger partial charge in [-0.1, -0.05) is 0 Å². The molecule has 0 saturated carbocycles. The largest absolute Gasteiger partial charge is 0.430 e. The maximum absolute atomic E-state index is 13.8. The minimum Gasteiger partial charge on any atom is -0.245 e. The van der Waals surface area contributed by atoms with Crippen molar-refractivity contribution >= 4 is 0 Å².